The summed E-state index contributed by atoms with van der Waals surface area (Å²) in [6.45, 7) is 1.76. The molecule has 0 saturated carbocycles. The first-order chi connectivity index (χ1) is 16.1. The number of carbonyl (C=O) groups excluding carboxylic acids is 1. The van der Waals surface area contributed by atoms with Gasteiger partial charge in [0.25, 0.3) is 5.91 Å². The zero-order chi connectivity index (χ0) is 22.8. The smallest absolute Gasteiger partial charge is 0.278 e. The number of amides is 1. The predicted octanol–water partition coefficient (Wildman–Crippen LogP) is 2.48. The normalized spacial score (nSPS) is 15.2. The van der Waals surface area contributed by atoms with Crippen LogP contribution < -0.4 is 5.32 Å². The summed E-state index contributed by atoms with van der Waals surface area (Å²) in [5, 5.41) is 21.0. The number of hydrogen-bond acceptors (Lipinski definition) is 7. The number of rotatable bonds is 6. The summed E-state index contributed by atoms with van der Waals surface area (Å²) in [6.07, 6.45) is 6.93. The molecule has 0 bridgehead atoms. The highest BCUT2D eigenvalue weighted by molar-refractivity contribution is 6.03. The van der Waals surface area contributed by atoms with Crippen LogP contribution in [-0.2, 0) is 7.05 Å². The maximum atomic E-state index is 12.7. The molecule has 10 nitrogen and oxygen atoms in total. The number of nitrogens with one attached hydrogen (secondary N) is 1. The molecule has 3 aromatic heterocycles. The third kappa shape index (κ3) is 4.58. The van der Waals surface area contributed by atoms with Gasteiger partial charge in [-0.3, -0.25) is 9.48 Å². The Morgan fingerprint density at radius 2 is 1.97 bits per heavy atom. The molecule has 1 fully saturated rings. The monoisotopic (exact) mass is 449 g/mol. The third-order valence-corrected chi connectivity index (χ3v) is 5.94. The average molecular weight is 449 g/mol. The Bertz CT molecular complexity index is 1280. The standard InChI is InChI=1S/C22H24FN9O/c1-30-13-19(26-28-30)15-2-3-16-12-24-21(11-17(16)10-15)25-22(33)20-14-32(29-27-20)18-4-7-31(8-5-18)9-6-23/h2-3,10-14,18H,4-9H2,1H3,(H,24,25,33). The van der Waals surface area contributed by atoms with Gasteiger partial charge in [-0.1, -0.05) is 22.6 Å². The lowest BCUT2D eigenvalue weighted by molar-refractivity contribution is 0.102. The third-order valence-electron chi connectivity index (χ3n) is 5.94. The van der Waals surface area contributed by atoms with Gasteiger partial charge in [-0.2, -0.15) is 0 Å². The minimum Gasteiger partial charge on any atom is -0.305 e. The first-order valence-electron chi connectivity index (χ1n) is 10.9. The number of nitrogens with zero attached hydrogens (tertiary/aromatic N) is 8. The number of fused-ring (bicyclic) bond motifs is 1. The number of hydrogen-bond donors (Lipinski definition) is 1. The molecule has 0 aliphatic carbocycles. The van der Waals surface area contributed by atoms with E-state index in [-0.39, 0.29) is 24.3 Å². The molecular weight excluding hydrogens is 425 g/mol. The van der Waals surface area contributed by atoms with Crippen molar-refractivity contribution in [3.8, 4) is 11.3 Å². The average Bonchev–Trinajstić information content (AvgIpc) is 3.49. The summed E-state index contributed by atoms with van der Waals surface area (Å²) < 4.78 is 15.9. The fourth-order valence-electron chi connectivity index (χ4n) is 4.11. The Hall–Kier alpha value is -3.73. The van der Waals surface area contributed by atoms with Crippen LogP contribution in [0.25, 0.3) is 22.0 Å². The van der Waals surface area contributed by atoms with E-state index in [9.17, 15) is 9.18 Å². The maximum absolute atomic E-state index is 12.7. The van der Waals surface area contributed by atoms with E-state index in [4.69, 9.17) is 0 Å². The molecule has 1 N–H and O–H groups in total. The van der Waals surface area contributed by atoms with Gasteiger partial charge in [0.2, 0.25) is 0 Å². The van der Waals surface area contributed by atoms with Crippen molar-refractivity contribution in [2.45, 2.75) is 18.9 Å². The van der Waals surface area contributed by atoms with Crippen molar-refractivity contribution in [2.75, 3.05) is 31.6 Å². The van der Waals surface area contributed by atoms with Gasteiger partial charge in [-0.25, -0.2) is 14.1 Å². The highest BCUT2D eigenvalue weighted by Gasteiger charge is 2.22. The van der Waals surface area contributed by atoms with Gasteiger partial charge in [0, 0.05) is 43.8 Å². The Morgan fingerprint density at radius 1 is 1.12 bits per heavy atom. The first kappa shape index (κ1) is 21.1. The van der Waals surface area contributed by atoms with Crippen molar-refractivity contribution in [1.82, 2.24) is 39.9 Å². The highest BCUT2D eigenvalue weighted by Crippen LogP contribution is 2.25. The van der Waals surface area contributed by atoms with Crippen molar-refractivity contribution in [3.63, 3.8) is 0 Å². The number of likely N-dealkylation sites (tertiary alicyclic amines) is 1. The van der Waals surface area contributed by atoms with Crippen LogP contribution in [0.4, 0.5) is 10.2 Å². The van der Waals surface area contributed by atoms with Gasteiger partial charge in [0.1, 0.15) is 18.2 Å². The van der Waals surface area contributed by atoms with Crippen LogP contribution in [0.5, 0.6) is 0 Å². The summed E-state index contributed by atoms with van der Waals surface area (Å²) in [5.74, 6) is 0.0610. The second-order valence-electron chi connectivity index (χ2n) is 8.21. The lowest BCUT2D eigenvalue weighted by Crippen LogP contribution is -2.36. The van der Waals surface area contributed by atoms with E-state index in [0.717, 1.165) is 48.0 Å². The fourth-order valence-corrected chi connectivity index (χ4v) is 4.11. The highest BCUT2D eigenvalue weighted by atomic mass is 19.1. The molecule has 170 valence electrons. The fraction of sp³-hybridized carbons (Fsp3) is 0.364. The molecule has 4 heterocycles. The second kappa shape index (κ2) is 9.02. The summed E-state index contributed by atoms with van der Waals surface area (Å²) >= 11 is 0. The zero-order valence-corrected chi connectivity index (χ0v) is 18.2. The molecule has 0 spiro atoms. The Morgan fingerprint density at radius 3 is 2.73 bits per heavy atom. The van der Waals surface area contributed by atoms with Crippen molar-refractivity contribution < 1.29 is 9.18 Å². The number of benzene rings is 1. The van der Waals surface area contributed by atoms with Crippen LogP contribution in [0.15, 0.2) is 42.9 Å². The van der Waals surface area contributed by atoms with Gasteiger partial charge in [-0.15, -0.1) is 10.2 Å². The molecule has 0 atom stereocenters. The summed E-state index contributed by atoms with van der Waals surface area (Å²) in [5.41, 5.74) is 1.94. The largest absolute Gasteiger partial charge is 0.305 e. The molecule has 5 rings (SSSR count). The van der Waals surface area contributed by atoms with Crippen LogP contribution >= 0.6 is 0 Å². The Kier molecular flexibility index (Phi) is 5.78. The number of aryl methyl sites for hydroxylation is 1. The van der Waals surface area contributed by atoms with Crippen LogP contribution in [0, 0.1) is 0 Å². The van der Waals surface area contributed by atoms with E-state index >= 15 is 0 Å². The van der Waals surface area contributed by atoms with Crippen LogP contribution in [-0.4, -0.2) is 72.1 Å². The van der Waals surface area contributed by atoms with E-state index in [1.807, 2.05) is 37.5 Å². The topological polar surface area (TPSA) is 107 Å². The van der Waals surface area contributed by atoms with E-state index in [1.165, 1.54) is 0 Å². The molecule has 11 heteroatoms. The molecule has 4 aromatic rings. The van der Waals surface area contributed by atoms with Gasteiger partial charge in [0.15, 0.2) is 5.69 Å². The van der Waals surface area contributed by atoms with Gasteiger partial charge in [-0.05, 0) is 30.4 Å². The van der Waals surface area contributed by atoms with Gasteiger partial charge in [0.05, 0.1) is 18.4 Å². The number of carbonyl (C=O) groups is 1. The number of halogens is 1. The Balaban J connectivity index is 1.28. The quantitative estimate of drug-likeness (QED) is 0.482. The molecule has 0 radical (unpaired) electrons. The molecule has 1 aliphatic heterocycles. The lowest BCUT2D eigenvalue weighted by atomic mass is 10.1. The lowest BCUT2D eigenvalue weighted by Gasteiger charge is -2.30. The number of aromatic nitrogens is 7. The number of anilines is 1. The van der Waals surface area contributed by atoms with Crippen molar-refractivity contribution in [2.24, 2.45) is 7.05 Å². The second-order valence-corrected chi connectivity index (χ2v) is 8.21. The number of piperidine rings is 1. The molecule has 33 heavy (non-hydrogen) atoms. The summed E-state index contributed by atoms with van der Waals surface area (Å²) in [7, 11) is 1.82. The molecular formula is C22H24FN9O. The van der Waals surface area contributed by atoms with Crippen molar-refractivity contribution in [1.29, 1.82) is 0 Å². The zero-order valence-electron chi connectivity index (χ0n) is 18.2. The minimum atomic E-state index is -0.368. The predicted molar refractivity (Wildman–Crippen MR) is 120 cm³/mol. The number of alkyl halides is 1. The van der Waals surface area contributed by atoms with Gasteiger partial charge < -0.3 is 10.2 Å². The van der Waals surface area contributed by atoms with E-state index < -0.39 is 0 Å². The maximum Gasteiger partial charge on any atom is 0.278 e. The first-order valence-corrected chi connectivity index (χ1v) is 10.9. The van der Waals surface area contributed by atoms with E-state index in [0.29, 0.717) is 12.4 Å². The molecule has 1 aromatic carbocycles. The van der Waals surface area contributed by atoms with Crippen LogP contribution in [0.2, 0.25) is 0 Å². The van der Waals surface area contributed by atoms with E-state index in [2.05, 4.69) is 35.8 Å². The SMILES string of the molecule is Cn1cc(-c2ccc3cnc(NC(=O)c4cn(C5CCN(CCF)CC5)nn4)cc3c2)nn1. The van der Waals surface area contributed by atoms with Crippen LogP contribution in [0.3, 0.4) is 0 Å². The minimum absolute atomic E-state index is 0.160. The van der Waals surface area contributed by atoms with Gasteiger partial charge >= 0.3 is 0 Å². The van der Waals surface area contributed by atoms with Crippen molar-refractivity contribution >= 4 is 22.5 Å². The number of pyridine rings is 1. The molecule has 1 amide bonds. The van der Waals surface area contributed by atoms with E-state index in [1.54, 1.807) is 21.8 Å². The van der Waals surface area contributed by atoms with Crippen molar-refractivity contribution in [3.05, 3.63) is 48.5 Å². The molecule has 1 aliphatic rings. The summed E-state index contributed by atoms with van der Waals surface area (Å²) in [6, 6.07) is 7.89. The molecule has 0 unspecified atom stereocenters. The Labute approximate surface area is 189 Å². The van der Waals surface area contributed by atoms with Crippen LogP contribution in [0.1, 0.15) is 29.4 Å². The molecule has 1 saturated heterocycles. The summed E-state index contributed by atoms with van der Waals surface area (Å²) in [4.78, 5) is 19.2.